The Balaban J connectivity index is 5.18. The lowest BCUT2D eigenvalue weighted by Crippen LogP contribution is -2.34. The lowest BCUT2D eigenvalue weighted by atomic mass is 9.99. The van der Waals surface area contributed by atoms with Crippen LogP contribution in [0.3, 0.4) is 0 Å². The molecule has 0 N–H and O–H groups in total. The molecule has 32 heavy (non-hydrogen) atoms. The van der Waals surface area contributed by atoms with E-state index in [0.717, 1.165) is 44.9 Å². The van der Waals surface area contributed by atoms with Crippen molar-refractivity contribution in [3.05, 3.63) is 46.6 Å². The van der Waals surface area contributed by atoms with Gasteiger partial charge in [0.05, 0.1) is 6.61 Å². The fourth-order valence-electron chi connectivity index (χ4n) is 3.52. The third-order valence-electron chi connectivity index (χ3n) is 5.43. The second-order valence-electron chi connectivity index (χ2n) is 8.75. The number of amides is 1. The maximum atomic E-state index is 13.0. The third kappa shape index (κ3) is 12.7. The number of hydrogen-bond donors (Lipinski definition) is 0. The van der Waals surface area contributed by atoms with E-state index in [1.807, 2.05) is 4.90 Å². The van der Waals surface area contributed by atoms with E-state index >= 15 is 0 Å². The largest absolute Gasteiger partial charge is 0.463 e. The van der Waals surface area contributed by atoms with E-state index in [1.54, 1.807) is 13.8 Å². The predicted octanol–water partition coefficient (Wildman–Crippen LogP) is 7.32. The van der Waals surface area contributed by atoms with Gasteiger partial charge in [0, 0.05) is 24.2 Å². The first-order valence-electron chi connectivity index (χ1n) is 12.3. The minimum atomic E-state index is -0.365. The van der Waals surface area contributed by atoms with Crippen molar-refractivity contribution in [2.45, 2.75) is 99.8 Å². The highest BCUT2D eigenvalue weighted by atomic mass is 16.5. The Kier molecular flexibility index (Phi) is 16.3. The Labute approximate surface area is 197 Å². The Hall–Kier alpha value is -2.10. The molecule has 0 heterocycles. The van der Waals surface area contributed by atoms with Crippen LogP contribution in [0.25, 0.3) is 0 Å². The van der Waals surface area contributed by atoms with Crippen LogP contribution in [0.5, 0.6) is 0 Å². The van der Waals surface area contributed by atoms with Crippen LogP contribution in [0.4, 0.5) is 0 Å². The summed E-state index contributed by atoms with van der Waals surface area (Å²) in [5.41, 5.74) is 4.89. The molecule has 0 aromatic rings. The van der Waals surface area contributed by atoms with Gasteiger partial charge < -0.3 is 9.64 Å². The first-order valence-corrected chi connectivity index (χ1v) is 12.3. The molecule has 0 rings (SSSR count). The van der Waals surface area contributed by atoms with Crippen molar-refractivity contribution in [3.63, 3.8) is 0 Å². The Morgan fingerprint density at radius 1 is 0.812 bits per heavy atom. The first kappa shape index (κ1) is 29.9. The van der Waals surface area contributed by atoms with E-state index < -0.39 is 0 Å². The molecule has 0 spiro atoms. The molecule has 4 heteroatoms. The molecule has 0 aromatic heterocycles. The lowest BCUT2D eigenvalue weighted by molar-refractivity contribution is -0.139. The number of hydrogen-bond acceptors (Lipinski definition) is 3. The van der Waals surface area contributed by atoms with Crippen molar-refractivity contribution in [1.29, 1.82) is 0 Å². The van der Waals surface area contributed by atoms with Crippen molar-refractivity contribution in [2.24, 2.45) is 0 Å². The van der Waals surface area contributed by atoms with Gasteiger partial charge in [0.25, 0.3) is 0 Å². The first-order chi connectivity index (χ1) is 15.2. The number of nitrogens with zero attached hydrogens (tertiary/aromatic N) is 1. The minimum Gasteiger partial charge on any atom is -0.463 e. The molecule has 0 aliphatic carbocycles. The van der Waals surface area contributed by atoms with E-state index in [1.165, 1.54) is 16.7 Å². The highest BCUT2D eigenvalue weighted by Crippen LogP contribution is 2.20. The third-order valence-corrected chi connectivity index (χ3v) is 5.43. The maximum absolute atomic E-state index is 13.0. The fourth-order valence-corrected chi connectivity index (χ4v) is 3.52. The molecule has 0 fully saturated rings. The molecular weight excluding hydrogens is 398 g/mol. The Morgan fingerprint density at radius 3 is 1.84 bits per heavy atom. The van der Waals surface area contributed by atoms with Crippen LogP contribution in [-0.4, -0.2) is 36.5 Å². The van der Waals surface area contributed by atoms with Gasteiger partial charge in [0.2, 0.25) is 5.91 Å². The predicted molar refractivity (Wildman–Crippen MR) is 137 cm³/mol. The number of allylic oxidation sites excluding steroid dienone is 5. The molecule has 182 valence electrons. The van der Waals surface area contributed by atoms with Gasteiger partial charge in [0.1, 0.15) is 0 Å². The topological polar surface area (TPSA) is 46.6 Å². The molecular formula is C28H47NO3. The highest BCUT2D eigenvalue weighted by Gasteiger charge is 2.22. The van der Waals surface area contributed by atoms with E-state index in [4.69, 9.17) is 4.74 Å². The van der Waals surface area contributed by atoms with Gasteiger partial charge in [-0.3, -0.25) is 4.79 Å². The fraction of sp³-hybridized carbons (Fsp3) is 0.643. The molecule has 0 aromatic carbocycles. The average molecular weight is 446 g/mol. The summed E-state index contributed by atoms with van der Waals surface area (Å²) >= 11 is 0. The summed E-state index contributed by atoms with van der Waals surface area (Å²) in [4.78, 5) is 27.5. The van der Waals surface area contributed by atoms with Gasteiger partial charge in [-0.25, -0.2) is 4.79 Å². The summed E-state index contributed by atoms with van der Waals surface area (Å²) in [5.74, 6) is -0.413. The van der Waals surface area contributed by atoms with E-state index in [-0.39, 0.29) is 11.9 Å². The quantitative estimate of drug-likeness (QED) is 0.142. The monoisotopic (exact) mass is 445 g/mol. The zero-order valence-corrected chi connectivity index (χ0v) is 21.8. The Morgan fingerprint density at radius 2 is 1.34 bits per heavy atom. The van der Waals surface area contributed by atoms with Crippen molar-refractivity contribution < 1.29 is 14.3 Å². The van der Waals surface area contributed by atoms with Gasteiger partial charge >= 0.3 is 5.97 Å². The van der Waals surface area contributed by atoms with Crippen molar-refractivity contribution >= 4 is 11.9 Å². The van der Waals surface area contributed by atoms with Crippen LogP contribution in [0.2, 0.25) is 0 Å². The zero-order chi connectivity index (χ0) is 24.5. The van der Waals surface area contributed by atoms with Crippen LogP contribution >= 0.6 is 0 Å². The van der Waals surface area contributed by atoms with E-state index in [0.29, 0.717) is 37.3 Å². The second kappa shape index (κ2) is 17.5. The average Bonchev–Trinajstić information content (AvgIpc) is 2.73. The van der Waals surface area contributed by atoms with Crippen LogP contribution in [-0.2, 0) is 14.3 Å². The molecule has 0 unspecified atom stereocenters. The lowest BCUT2D eigenvalue weighted by Gasteiger charge is -2.23. The number of carbonyl (C=O) groups excluding carboxylic acids is 2. The van der Waals surface area contributed by atoms with Crippen molar-refractivity contribution in [1.82, 2.24) is 4.90 Å². The van der Waals surface area contributed by atoms with Gasteiger partial charge in [-0.1, -0.05) is 42.7 Å². The summed E-state index contributed by atoms with van der Waals surface area (Å²) < 4.78 is 5.27. The molecule has 0 saturated heterocycles. The molecule has 0 saturated carbocycles. The van der Waals surface area contributed by atoms with Gasteiger partial charge in [-0.15, -0.1) is 6.58 Å². The zero-order valence-electron chi connectivity index (χ0n) is 21.8. The smallest absolute Gasteiger partial charge is 0.334 e. The minimum absolute atomic E-state index is 0.0473. The van der Waals surface area contributed by atoms with Gasteiger partial charge in [-0.05, 0) is 86.0 Å². The SMILES string of the molecule is C=C(C)CC/C=C(\C)CC/C=C(\C)CC/C(C(=O)OCC)=C(\C)C(=O)N(CCC)CCC. The molecule has 0 aliphatic heterocycles. The Bertz CT molecular complexity index is 691. The highest BCUT2D eigenvalue weighted by molar-refractivity contribution is 6.02. The maximum Gasteiger partial charge on any atom is 0.334 e. The van der Waals surface area contributed by atoms with Crippen LogP contribution in [0.15, 0.2) is 46.6 Å². The van der Waals surface area contributed by atoms with Crippen molar-refractivity contribution in [3.8, 4) is 0 Å². The summed E-state index contributed by atoms with van der Waals surface area (Å²) in [5, 5.41) is 0. The summed E-state index contributed by atoms with van der Waals surface area (Å²) in [6.07, 6.45) is 11.7. The summed E-state index contributed by atoms with van der Waals surface area (Å²) in [6.45, 7) is 19.7. The van der Waals surface area contributed by atoms with E-state index in [9.17, 15) is 9.59 Å². The molecule has 0 atom stereocenters. The summed E-state index contributed by atoms with van der Waals surface area (Å²) in [7, 11) is 0. The molecule has 0 radical (unpaired) electrons. The van der Waals surface area contributed by atoms with Crippen LogP contribution < -0.4 is 0 Å². The number of esters is 1. The number of ether oxygens (including phenoxy) is 1. The molecule has 0 bridgehead atoms. The van der Waals surface area contributed by atoms with Crippen molar-refractivity contribution in [2.75, 3.05) is 19.7 Å². The van der Waals surface area contributed by atoms with Crippen LogP contribution in [0.1, 0.15) is 99.8 Å². The normalized spacial score (nSPS) is 13.0. The standard InChI is InChI=1S/C28H47NO3/c1-9-20-29(21-10-2)27(30)25(8)26(28(31)32-11-3)19-18-24(7)17-13-16-23(6)15-12-14-22(4)5/h15,17H,4,9-14,16,18-21H2,1-3,5-8H3/b23-15+,24-17+,26-25-. The molecule has 1 amide bonds. The number of carbonyl (C=O) groups is 2. The summed E-state index contributed by atoms with van der Waals surface area (Å²) in [6, 6.07) is 0. The van der Waals surface area contributed by atoms with E-state index in [2.05, 4.69) is 53.3 Å². The van der Waals surface area contributed by atoms with Gasteiger partial charge in [-0.2, -0.15) is 0 Å². The molecule has 0 aliphatic rings. The molecule has 4 nitrogen and oxygen atoms in total. The number of rotatable bonds is 16. The second-order valence-corrected chi connectivity index (χ2v) is 8.75. The van der Waals surface area contributed by atoms with Gasteiger partial charge in [0.15, 0.2) is 0 Å². The van der Waals surface area contributed by atoms with Crippen LogP contribution in [0, 0.1) is 0 Å².